The molecule has 0 spiro atoms. The van der Waals surface area contributed by atoms with Crippen molar-refractivity contribution in [3.63, 3.8) is 0 Å². The Balaban J connectivity index is 2.13. The van der Waals surface area contributed by atoms with Crippen LogP contribution in [-0.2, 0) is 4.79 Å². The van der Waals surface area contributed by atoms with E-state index in [0.29, 0.717) is 18.5 Å². The van der Waals surface area contributed by atoms with Gasteiger partial charge in [-0.25, -0.2) is 0 Å². The highest BCUT2D eigenvalue weighted by atomic mass is 32.1. The topological polar surface area (TPSA) is 40.5 Å². The van der Waals surface area contributed by atoms with Gasteiger partial charge in [0.1, 0.15) is 0 Å². The van der Waals surface area contributed by atoms with Crippen LogP contribution in [0, 0.1) is 0 Å². The summed E-state index contributed by atoms with van der Waals surface area (Å²) in [6.07, 6.45) is 0.936. The fourth-order valence-electron chi connectivity index (χ4n) is 2.68. The number of rotatable bonds is 7. The van der Waals surface area contributed by atoms with Gasteiger partial charge in [-0.3, -0.25) is 9.69 Å². The van der Waals surface area contributed by atoms with Crippen molar-refractivity contribution in [2.75, 3.05) is 6.54 Å². The van der Waals surface area contributed by atoms with Crippen LogP contribution in [0.3, 0.4) is 0 Å². The van der Waals surface area contributed by atoms with Crippen molar-refractivity contribution in [1.82, 2.24) is 4.90 Å². The van der Waals surface area contributed by atoms with Gasteiger partial charge in [0, 0.05) is 28.1 Å². The van der Waals surface area contributed by atoms with E-state index >= 15 is 0 Å². The number of carboxylic acids is 1. The van der Waals surface area contributed by atoms with Crippen LogP contribution in [0.15, 0.2) is 30.3 Å². The third kappa shape index (κ3) is 4.05. The van der Waals surface area contributed by atoms with Gasteiger partial charge in [-0.15, -0.1) is 11.3 Å². The van der Waals surface area contributed by atoms with Crippen LogP contribution in [0.4, 0.5) is 0 Å². The maximum atomic E-state index is 10.7. The van der Waals surface area contributed by atoms with E-state index in [4.69, 9.17) is 5.11 Å². The summed E-state index contributed by atoms with van der Waals surface area (Å²) < 4.78 is 1.31. The molecule has 0 amide bonds. The van der Waals surface area contributed by atoms with E-state index in [1.807, 2.05) is 11.3 Å². The van der Waals surface area contributed by atoms with Crippen molar-refractivity contribution in [2.24, 2.45) is 0 Å². The molecule has 1 N–H and O–H groups in total. The summed E-state index contributed by atoms with van der Waals surface area (Å²) in [5, 5.41) is 10.1. The molecule has 2 aromatic rings. The quantitative estimate of drug-likeness (QED) is 0.816. The standard InChI is InChI=1S/C17H23NO2S/c1-12(2)18(10-6-9-17(19)20)13(3)16-11-14-7-4-5-8-15(14)21-16/h4-5,7-8,11-13H,6,9-10H2,1-3H3,(H,19,20). The molecule has 4 heteroatoms. The first-order valence-electron chi connectivity index (χ1n) is 7.45. The maximum Gasteiger partial charge on any atom is 0.303 e. The van der Waals surface area contributed by atoms with Gasteiger partial charge in [-0.1, -0.05) is 18.2 Å². The monoisotopic (exact) mass is 305 g/mol. The van der Waals surface area contributed by atoms with Gasteiger partial charge in [-0.05, 0) is 51.3 Å². The molecule has 2 rings (SSSR count). The van der Waals surface area contributed by atoms with Gasteiger partial charge in [0.2, 0.25) is 0 Å². The Morgan fingerprint density at radius 1 is 1.29 bits per heavy atom. The zero-order chi connectivity index (χ0) is 15.4. The normalized spacial score (nSPS) is 13.2. The lowest BCUT2D eigenvalue weighted by atomic mass is 10.1. The van der Waals surface area contributed by atoms with Crippen molar-refractivity contribution in [1.29, 1.82) is 0 Å². The van der Waals surface area contributed by atoms with Crippen LogP contribution < -0.4 is 0 Å². The van der Waals surface area contributed by atoms with E-state index < -0.39 is 5.97 Å². The zero-order valence-corrected chi connectivity index (χ0v) is 13.7. The van der Waals surface area contributed by atoms with E-state index in [9.17, 15) is 4.79 Å². The maximum absolute atomic E-state index is 10.7. The van der Waals surface area contributed by atoms with Gasteiger partial charge < -0.3 is 5.11 Å². The first-order valence-corrected chi connectivity index (χ1v) is 8.26. The van der Waals surface area contributed by atoms with Crippen LogP contribution >= 0.6 is 11.3 Å². The second-order valence-electron chi connectivity index (χ2n) is 5.69. The number of carbonyl (C=O) groups is 1. The average Bonchev–Trinajstić information content (AvgIpc) is 2.86. The van der Waals surface area contributed by atoms with Gasteiger partial charge in [0.15, 0.2) is 0 Å². The Morgan fingerprint density at radius 3 is 2.62 bits per heavy atom. The Bertz CT molecular complexity index is 573. The van der Waals surface area contributed by atoms with Crippen molar-refractivity contribution >= 4 is 27.4 Å². The van der Waals surface area contributed by atoms with E-state index in [1.54, 1.807) is 0 Å². The summed E-state index contributed by atoms with van der Waals surface area (Å²) >= 11 is 1.83. The predicted octanol–water partition coefficient (Wildman–Crippen LogP) is 4.54. The zero-order valence-electron chi connectivity index (χ0n) is 12.9. The minimum Gasteiger partial charge on any atom is -0.481 e. The molecule has 0 fully saturated rings. The van der Waals surface area contributed by atoms with Crippen LogP contribution in [-0.4, -0.2) is 28.6 Å². The summed E-state index contributed by atoms with van der Waals surface area (Å²) in [5.41, 5.74) is 0. The molecular weight excluding hydrogens is 282 g/mol. The third-order valence-electron chi connectivity index (χ3n) is 3.82. The minimum atomic E-state index is -0.715. The smallest absolute Gasteiger partial charge is 0.303 e. The Kier molecular flexibility index (Phi) is 5.37. The molecule has 0 aliphatic heterocycles. The molecular formula is C17H23NO2S. The van der Waals surface area contributed by atoms with Crippen molar-refractivity contribution in [3.8, 4) is 0 Å². The number of hydrogen-bond acceptors (Lipinski definition) is 3. The van der Waals surface area contributed by atoms with Gasteiger partial charge in [0.05, 0.1) is 0 Å². The van der Waals surface area contributed by atoms with Gasteiger partial charge in [-0.2, -0.15) is 0 Å². The molecule has 0 radical (unpaired) electrons. The Morgan fingerprint density at radius 2 is 2.00 bits per heavy atom. The Labute approximate surface area is 130 Å². The molecule has 1 unspecified atom stereocenters. The SMILES string of the molecule is CC(C)N(CCCC(=O)O)C(C)c1cc2ccccc2s1. The average molecular weight is 305 g/mol. The molecule has 3 nitrogen and oxygen atoms in total. The van der Waals surface area contributed by atoms with Crippen molar-refractivity contribution in [3.05, 3.63) is 35.2 Å². The third-order valence-corrected chi connectivity index (χ3v) is 5.11. The largest absolute Gasteiger partial charge is 0.481 e. The van der Waals surface area contributed by atoms with Crippen molar-refractivity contribution in [2.45, 2.75) is 45.7 Å². The molecule has 0 saturated heterocycles. The predicted molar refractivity (Wildman–Crippen MR) is 89.0 cm³/mol. The number of nitrogens with zero attached hydrogens (tertiary/aromatic N) is 1. The van der Waals surface area contributed by atoms with E-state index in [-0.39, 0.29) is 6.42 Å². The fourth-order valence-corrected chi connectivity index (χ4v) is 3.82. The number of fused-ring (bicyclic) bond motifs is 1. The summed E-state index contributed by atoms with van der Waals surface area (Å²) in [6, 6.07) is 11.4. The minimum absolute atomic E-state index is 0.238. The highest BCUT2D eigenvalue weighted by molar-refractivity contribution is 7.19. The molecule has 0 saturated carbocycles. The van der Waals surface area contributed by atoms with Crippen molar-refractivity contribution < 1.29 is 9.90 Å². The first-order chi connectivity index (χ1) is 9.99. The van der Waals surface area contributed by atoms with Crippen LogP contribution in [0.5, 0.6) is 0 Å². The molecule has 0 aliphatic carbocycles. The van der Waals surface area contributed by atoms with Crippen LogP contribution in [0.1, 0.15) is 44.5 Å². The lowest BCUT2D eigenvalue weighted by Gasteiger charge is -2.32. The fraction of sp³-hybridized carbons (Fsp3) is 0.471. The Hall–Kier alpha value is -1.39. The highest BCUT2D eigenvalue weighted by Gasteiger charge is 2.20. The molecule has 1 aromatic heterocycles. The summed E-state index contributed by atoms with van der Waals surface area (Å²) in [7, 11) is 0. The first kappa shape index (κ1) is 16.0. The number of hydrogen-bond donors (Lipinski definition) is 1. The van der Waals surface area contributed by atoms with E-state index in [1.165, 1.54) is 15.0 Å². The number of carboxylic acid groups (broad SMARTS) is 1. The molecule has 1 aromatic carbocycles. The lowest BCUT2D eigenvalue weighted by Crippen LogP contribution is -2.34. The summed E-state index contributed by atoms with van der Waals surface area (Å²) in [5.74, 6) is -0.715. The number of aliphatic carboxylic acids is 1. The van der Waals surface area contributed by atoms with Gasteiger partial charge in [0.25, 0.3) is 0 Å². The van der Waals surface area contributed by atoms with E-state index in [0.717, 1.165) is 6.54 Å². The van der Waals surface area contributed by atoms with Gasteiger partial charge >= 0.3 is 5.97 Å². The molecule has 0 bridgehead atoms. The van der Waals surface area contributed by atoms with E-state index in [2.05, 4.69) is 56.0 Å². The second kappa shape index (κ2) is 7.05. The van der Waals surface area contributed by atoms with Crippen LogP contribution in [0.25, 0.3) is 10.1 Å². The summed E-state index contributed by atoms with van der Waals surface area (Å²) in [4.78, 5) is 14.4. The number of thiophene rings is 1. The molecule has 1 atom stereocenters. The molecule has 1 heterocycles. The molecule has 0 aliphatic rings. The lowest BCUT2D eigenvalue weighted by molar-refractivity contribution is -0.137. The molecule has 21 heavy (non-hydrogen) atoms. The highest BCUT2D eigenvalue weighted by Crippen LogP contribution is 2.33. The number of benzene rings is 1. The second-order valence-corrected chi connectivity index (χ2v) is 6.81. The van der Waals surface area contributed by atoms with Crippen LogP contribution in [0.2, 0.25) is 0 Å². The summed E-state index contributed by atoms with van der Waals surface area (Å²) in [6.45, 7) is 7.38. The molecule has 114 valence electrons.